The number of rotatable bonds is 6. The molecule has 0 amide bonds. The van der Waals surface area contributed by atoms with E-state index in [-0.39, 0.29) is 5.75 Å². The lowest BCUT2D eigenvalue weighted by atomic mass is 9.54. The minimum atomic E-state index is -6.68. The Morgan fingerprint density at radius 1 is 0.767 bits per heavy atom. The average molecular weight is 960 g/mol. The fraction of sp³-hybridized carbons (Fsp3) is 0.259. The van der Waals surface area contributed by atoms with E-state index in [0.717, 1.165) is 3.57 Å². The molecule has 3 aliphatic rings. The van der Waals surface area contributed by atoms with Crippen molar-refractivity contribution in [3.63, 3.8) is 0 Å². The van der Waals surface area contributed by atoms with E-state index in [4.69, 9.17) is 9.29 Å². The second kappa shape index (κ2) is 11.6. The lowest BCUT2D eigenvalue weighted by Gasteiger charge is -2.48. The summed E-state index contributed by atoms with van der Waals surface area (Å²) in [5.74, 6) is -8.27. The molecule has 0 saturated carbocycles. The van der Waals surface area contributed by atoms with Gasteiger partial charge in [-0.3, -0.25) is 14.1 Å². The Labute approximate surface area is 282 Å². The lowest BCUT2D eigenvalue weighted by molar-refractivity contribution is -0.261. The molecule has 7 nitrogen and oxygen atoms in total. The van der Waals surface area contributed by atoms with Crippen LogP contribution in [0, 0.1) is 22.5 Å². The van der Waals surface area contributed by atoms with Gasteiger partial charge in [0.2, 0.25) is 0 Å². The third-order valence-electron chi connectivity index (χ3n) is 7.33. The first-order chi connectivity index (χ1) is 19.9. The van der Waals surface area contributed by atoms with Gasteiger partial charge in [0.1, 0.15) is 0 Å². The zero-order valence-corrected chi connectivity index (χ0v) is 28.3. The molecule has 6 rings (SSSR count). The van der Waals surface area contributed by atoms with E-state index in [1.54, 1.807) is 60.7 Å². The first kappa shape index (κ1) is 32.7. The Kier molecular flexibility index (Phi) is 8.84. The zero-order chi connectivity index (χ0) is 31.6. The number of alkyl halides is 5. The third-order valence-corrected chi connectivity index (χ3v) is 10.5. The van der Waals surface area contributed by atoms with Crippen LogP contribution < -0.4 is 4.74 Å². The number of esters is 2. The minimum Gasteiger partial charge on any atom is -0.444 e. The molecule has 3 aromatic carbocycles. The van der Waals surface area contributed by atoms with Crippen LogP contribution in [0.15, 0.2) is 60.7 Å². The van der Waals surface area contributed by atoms with Gasteiger partial charge >= 0.3 is 33.5 Å². The van der Waals surface area contributed by atoms with Gasteiger partial charge in [-0.05, 0) is 102 Å². The smallest absolute Gasteiger partial charge is 0.432 e. The molecule has 2 bridgehead atoms. The Balaban J connectivity index is 1.67. The summed E-state index contributed by atoms with van der Waals surface area (Å²) in [7, 11) is -6.68. The van der Waals surface area contributed by atoms with Gasteiger partial charge < -0.3 is 9.47 Å². The van der Waals surface area contributed by atoms with Crippen LogP contribution in [-0.4, -0.2) is 42.4 Å². The molecule has 228 valence electrons. The monoisotopic (exact) mass is 960 g/mol. The maximum absolute atomic E-state index is 14.4. The maximum atomic E-state index is 14.4. The number of halogens is 8. The van der Waals surface area contributed by atoms with Crippen molar-refractivity contribution < 1.29 is 54.0 Å². The average Bonchev–Trinajstić information content (AvgIpc) is 2.91. The van der Waals surface area contributed by atoms with E-state index in [9.17, 15) is 40.0 Å². The van der Waals surface area contributed by atoms with Crippen LogP contribution >= 0.6 is 67.8 Å². The Morgan fingerprint density at radius 3 is 1.53 bits per heavy atom. The molecule has 0 aliphatic heterocycles. The van der Waals surface area contributed by atoms with Gasteiger partial charge in [0.25, 0.3) is 6.10 Å². The summed E-state index contributed by atoms with van der Waals surface area (Å²) in [6.07, 6.45) is -10.7. The second-order valence-electron chi connectivity index (χ2n) is 9.78. The molecule has 3 unspecified atom stereocenters. The van der Waals surface area contributed by atoms with Gasteiger partial charge in [-0.25, -0.2) is 0 Å². The molecule has 0 radical (unpaired) electrons. The summed E-state index contributed by atoms with van der Waals surface area (Å²) >= 11 is 5.92. The normalized spacial score (nSPS) is 21.9. The maximum Gasteiger partial charge on any atom is 0.432 e. The quantitative estimate of drug-likeness (QED) is 0.0945. The highest BCUT2D eigenvalue weighted by atomic mass is 127. The van der Waals surface area contributed by atoms with Crippen molar-refractivity contribution in [1.82, 2.24) is 0 Å². The van der Waals surface area contributed by atoms with Gasteiger partial charge in [-0.2, -0.15) is 30.4 Å². The van der Waals surface area contributed by atoms with Crippen molar-refractivity contribution in [2.24, 2.45) is 11.8 Å². The zero-order valence-electron chi connectivity index (χ0n) is 21.0. The van der Waals surface area contributed by atoms with Crippen molar-refractivity contribution in [3.8, 4) is 5.75 Å². The predicted molar refractivity (Wildman–Crippen MR) is 166 cm³/mol. The fourth-order valence-electron chi connectivity index (χ4n) is 5.69. The SMILES string of the molecule is O=C(Oc1c(I)cc(I)cc1I)C1C2c3ccccc3C(c3ccccc32)C1C(=O)OC(C(F)(F)F)C(F)(F)S(=O)(=O)O. The molecule has 1 N–H and O–H groups in total. The van der Waals surface area contributed by atoms with Gasteiger partial charge in [0, 0.05) is 15.4 Å². The molecule has 3 atom stereocenters. The van der Waals surface area contributed by atoms with Crippen LogP contribution in [0.3, 0.4) is 0 Å². The molecule has 0 aromatic heterocycles. The highest BCUT2D eigenvalue weighted by Gasteiger charge is 2.67. The van der Waals surface area contributed by atoms with Gasteiger partial charge in [0.15, 0.2) is 5.75 Å². The standard InChI is InChI=1S/C27H16F5I3O7S/c28-26(29,30)25(27(31,32)43(38,39)40)42-24(37)21-19-14-7-3-1-5-12(14)18(13-6-2-4-8-15(13)19)20(21)23(36)41-22-16(34)9-11(33)10-17(22)35/h1-10,18-21,25H,(H,38,39,40). The number of benzene rings is 3. The van der Waals surface area contributed by atoms with E-state index in [1.165, 1.54) is 0 Å². The molecule has 0 saturated heterocycles. The summed E-state index contributed by atoms with van der Waals surface area (Å²) in [6.45, 7) is 0. The van der Waals surface area contributed by atoms with Crippen LogP contribution in [0.25, 0.3) is 0 Å². The highest BCUT2D eigenvalue weighted by Crippen LogP contribution is 2.59. The number of hydrogen-bond donors (Lipinski definition) is 1. The van der Waals surface area contributed by atoms with Crippen LogP contribution in [0.4, 0.5) is 22.0 Å². The molecular formula is C27H16F5I3O7S. The lowest BCUT2D eigenvalue weighted by Crippen LogP contribution is -2.55. The Morgan fingerprint density at radius 2 is 1.16 bits per heavy atom. The first-order valence-electron chi connectivity index (χ1n) is 12.1. The third kappa shape index (κ3) is 5.78. The van der Waals surface area contributed by atoms with Gasteiger partial charge in [-0.1, -0.05) is 48.5 Å². The fourth-order valence-corrected chi connectivity index (χ4v) is 9.95. The van der Waals surface area contributed by atoms with Crippen LogP contribution in [0.2, 0.25) is 0 Å². The number of ether oxygens (including phenoxy) is 2. The predicted octanol–water partition coefficient (Wildman–Crippen LogP) is 6.88. The topological polar surface area (TPSA) is 107 Å². The largest absolute Gasteiger partial charge is 0.444 e. The van der Waals surface area contributed by atoms with Crippen molar-refractivity contribution in [2.45, 2.75) is 29.4 Å². The molecule has 0 fully saturated rings. The summed E-state index contributed by atoms with van der Waals surface area (Å²) in [6, 6.07) is 16.6. The molecule has 16 heteroatoms. The van der Waals surface area contributed by atoms with Crippen LogP contribution in [0.5, 0.6) is 5.75 Å². The molecule has 0 heterocycles. The minimum absolute atomic E-state index is 0.132. The summed E-state index contributed by atoms with van der Waals surface area (Å²) in [5, 5.41) is -5.94. The number of carbonyl (C=O) groups is 2. The summed E-state index contributed by atoms with van der Waals surface area (Å²) in [4.78, 5) is 27.6. The van der Waals surface area contributed by atoms with E-state index in [0.29, 0.717) is 29.4 Å². The number of carbonyl (C=O) groups excluding carboxylic acids is 2. The van der Waals surface area contributed by atoms with Crippen molar-refractivity contribution in [3.05, 3.63) is 93.6 Å². The van der Waals surface area contributed by atoms with Gasteiger partial charge in [0.05, 0.1) is 19.0 Å². The van der Waals surface area contributed by atoms with Gasteiger partial charge in [-0.15, -0.1) is 0 Å². The van der Waals surface area contributed by atoms with E-state index in [1.807, 2.05) is 45.2 Å². The molecule has 43 heavy (non-hydrogen) atoms. The summed E-state index contributed by atoms with van der Waals surface area (Å²) in [5.41, 5.74) is 2.08. The Hall–Kier alpha value is -1.65. The van der Waals surface area contributed by atoms with E-state index >= 15 is 0 Å². The van der Waals surface area contributed by atoms with E-state index < -0.39 is 63.3 Å². The second-order valence-corrected chi connectivity index (χ2v) is 14.8. The van der Waals surface area contributed by atoms with Crippen molar-refractivity contribution in [1.29, 1.82) is 0 Å². The van der Waals surface area contributed by atoms with Crippen LogP contribution in [-0.2, 0) is 24.4 Å². The van der Waals surface area contributed by atoms with Crippen LogP contribution in [0.1, 0.15) is 34.1 Å². The molecule has 3 aliphatic carbocycles. The van der Waals surface area contributed by atoms with Crippen molar-refractivity contribution in [2.75, 3.05) is 0 Å². The number of hydrogen-bond acceptors (Lipinski definition) is 6. The molecule has 0 spiro atoms. The number of fused-ring (bicyclic) bond motifs is 1. The molecular weight excluding hydrogens is 944 g/mol. The van der Waals surface area contributed by atoms with Crippen molar-refractivity contribution >= 4 is 89.8 Å². The highest BCUT2D eigenvalue weighted by molar-refractivity contribution is 14.1. The van der Waals surface area contributed by atoms with E-state index in [2.05, 4.69) is 27.3 Å². The first-order valence-corrected chi connectivity index (χ1v) is 16.8. The Bertz CT molecular complexity index is 1680. The summed E-state index contributed by atoms with van der Waals surface area (Å²) < 4.78 is 113. The molecule has 3 aromatic rings.